The SMILES string of the molecule is C[C@@H]1NC(=O)[C@H](C)N(C)C(=O)[C@@H]2CCCN2C(=O)[C@@H](NC(=O)[C@H](Cc2cc(F)cc(F)c2)NC(=O)CCC2CCCCC2)COC(=O)[C@@H]2CCCN2C1=O. The van der Waals surface area contributed by atoms with Crippen LogP contribution in [0.5, 0.6) is 0 Å². The molecule has 54 heavy (non-hydrogen) atoms. The highest BCUT2D eigenvalue weighted by atomic mass is 19.1. The summed E-state index contributed by atoms with van der Waals surface area (Å²) < 4.78 is 34.0. The first-order valence-electron chi connectivity index (χ1n) is 19.1. The van der Waals surface area contributed by atoms with E-state index in [1.807, 2.05) is 0 Å². The van der Waals surface area contributed by atoms with E-state index in [0.29, 0.717) is 31.2 Å². The maximum Gasteiger partial charge on any atom is 0.328 e. The minimum Gasteiger partial charge on any atom is -0.461 e. The van der Waals surface area contributed by atoms with Gasteiger partial charge in [0.2, 0.25) is 35.4 Å². The predicted molar refractivity (Wildman–Crippen MR) is 190 cm³/mol. The average molecular weight is 759 g/mol. The first-order chi connectivity index (χ1) is 25.7. The number of hydrogen-bond donors (Lipinski definition) is 3. The van der Waals surface area contributed by atoms with E-state index in [2.05, 4.69) is 16.0 Å². The van der Waals surface area contributed by atoms with Crippen LogP contribution in [-0.4, -0.2) is 119 Å². The van der Waals surface area contributed by atoms with Crippen molar-refractivity contribution in [3.8, 4) is 0 Å². The number of nitrogens with zero attached hydrogens (tertiary/aromatic N) is 3. The summed E-state index contributed by atoms with van der Waals surface area (Å²) in [6, 6.07) is -4.16. The normalized spacial score (nSPS) is 26.9. The molecule has 16 heteroatoms. The summed E-state index contributed by atoms with van der Waals surface area (Å²) in [5.41, 5.74) is 0.0857. The van der Waals surface area contributed by atoms with Crippen molar-refractivity contribution < 1.29 is 47.1 Å². The maximum absolute atomic E-state index is 14.3. The molecule has 6 amide bonds. The lowest BCUT2D eigenvalue weighted by Gasteiger charge is -2.34. The number of fused-ring (bicyclic) bond motifs is 2. The van der Waals surface area contributed by atoms with E-state index in [9.17, 15) is 42.3 Å². The summed E-state index contributed by atoms with van der Waals surface area (Å²) in [6.45, 7) is 2.70. The number of ether oxygens (including phenoxy) is 1. The molecule has 3 aliphatic heterocycles. The Morgan fingerprint density at radius 2 is 1.48 bits per heavy atom. The first kappa shape index (κ1) is 40.6. The second-order valence-electron chi connectivity index (χ2n) is 15.1. The molecule has 0 unspecified atom stereocenters. The van der Waals surface area contributed by atoms with E-state index in [4.69, 9.17) is 4.74 Å². The number of hydrogen-bond acceptors (Lipinski definition) is 8. The molecule has 4 aliphatic rings. The molecule has 4 fully saturated rings. The molecule has 3 N–H and O–H groups in total. The fourth-order valence-corrected chi connectivity index (χ4v) is 7.97. The van der Waals surface area contributed by atoms with Crippen molar-refractivity contribution in [1.29, 1.82) is 0 Å². The van der Waals surface area contributed by atoms with Gasteiger partial charge in [-0.3, -0.25) is 28.8 Å². The molecule has 0 spiro atoms. The molecule has 296 valence electrons. The molecule has 1 aromatic carbocycles. The number of nitrogens with one attached hydrogen (secondary N) is 3. The highest BCUT2D eigenvalue weighted by molar-refractivity contribution is 5.97. The van der Waals surface area contributed by atoms with Crippen LogP contribution in [0.1, 0.15) is 90.0 Å². The summed E-state index contributed by atoms with van der Waals surface area (Å²) in [4.78, 5) is 99.1. The Balaban J connectivity index is 1.41. The standard InChI is InChI=1S/C38H52F2N6O8/c1-22-35(50)46-16-8-12-31(46)38(53)54-21-29(36(51)45-15-7-11-30(45)37(52)44(3)23(2)33(48)41-22)43-34(49)28(19-25-17-26(39)20-27(40)18-25)42-32(47)14-13-24-9-5-4-6-10-24/h17-18,20,22-24,28-31H,4-16,19,21H2,1-3H3,(H,41,48)(H,42,47)(H,43,49)/t22-,23-,28-,29-,30-,31-/m0/s1. The highest BCUT2D eigenvalue weighted by Gasteiger charge is 2.43. The Labute approximate surface area is 314 Å². The first-order valence-corrected chi connectivity index (χ1v) is 19.1. The average Bonchev–Trinajstić information content (AvgIpc) is 3.84. The highest BCUT2D eigenvalue weighted by Crippen LogP contribution is 2.27. The molecule has 3 saturated heterocycles. The summed E-state index contributed by atoms with van der Waals surface area (Å²) in [5.74, 6) is -5.89. The van der Waals surface area contributed by atoms with Crippen molar-refractivity contribution in [2.45, 2.75) is 127 Å². The lowest BCUT2D eigenvalue weighted by atomic mass is 9.86. The Morgan fingerprint density at radius 3 is 2.15 bits per heavy atom. The molecule has 0 aromatic heterocycles. The lowest BCUT2D eigenvalue weighted by Crippen LogP contribution is -2.60. The van der Waals surface area contributed by atoms with Crippen molar-refractivity contribution in [3.05, 3.63) is 35.4 Å². The van der Waals surface area contributed by atoms with Gasteiger partial charge in [0.25, 0.3) is 0 Å². The van der Waals surface area contributed by atoms with Crippen molar-refractivity contribution >= 4 is 41.4 Å². The number of rotatable bonds is 8. The number of cyclic esters (lactones) is 1. The minimum atomic E-state index is -1.54. The van der Waals surface area contributed by atoms with Gasteiger partial charge in [-0.15, -0.1) is 0 Å². The topological polar surface area (TPSA) is 175 Å². The number of carbonyl (C=O) groups is 7. The van der Waals surface area contributed by atoms with Gasteiger partial charge in [-0.05, 0) is 69.6 Å². The Kier molecular flexibility index (Phi) is 13.6. The minimum absolute atomic E-state index is 0.0857. The molecular weight excluding hydrogens is 706 g/mol. The molecular formula is C38H52F2N6O8. The van der Waals surface area contributed by atoms with Gasteiger partial charge in [0, 0.05) is 39.0 Å². The quantitative estimate of drug-likeness (QED) is 0.336. The van der Waals surface area contributed by atoms with Crippen molar-refractivity contribution in [2.75, 3.05) is 26.7 Å². The van der Waals surface area contributed by atoms with E-state index in [1.54, 1.807) is 0 Å². The third-order valence-electron chi connectivity index (χ3n) is 11.2. The fourth-order valence-electron chi connectivity index (χ4n) is 7.97. The van der Waals surface area contributed by atoms with Gasteiger partial charge in [-0.1, -0.05) is 32.1 Å². The van der Waals surface area contributed by atoms with E-state index in [-0.39, 0.29) is 44.3 Å². The van der Waals surface area contributed by atoms with E-state index < -0.39 is 95.9 Å². The fraction of sp³-hybridized carbons (Fsp3) is 0.658. The summed E-state index contributed by atoms with van der Waals surface area (Å²) in [6.07, 6.45) is 7.23. The molecule has 0 bridgehead atoms. The van der Waals surface area contributed by atoms with Gasteiger partial charge >= 0.3 is 5.97 Å². The summed E-state index contributed by atoms with van der Waals surface area (Å²) in [7, 11) is 1.43. The van der Waals surface area contributed by atoms with Crippen molar-refractivity contribution in [3.63, 3.8) is 0 Å². The van der Waals surface area contributed by atoms with E-state index >= 15 is 0 Å². The third-order valence-corrected chi connectivity index (χ3v) is 11.2. The molecule has 5 rings (SSSR count). The molecule has 0 radical (unpaired) electrons. The smallest absolute Gasteiger partial charge is 0.328 e. The number of halogens is 2. The third kappa shape index (κ3) is 9.91. The van der Waals surface area contributed by atoms with Gasteiger partial charge in [0.05, 0.1) is 0 Å². The lowest BCUT2D eigenvalue weighted by molar-refractivity contribution is -0.158. The number of esters is 1. The van der Waals surface area contributed by atoms with Crippen LogP contribution in [0.15, 0.2) is 18.2 Å². The molecule has 1 saturated carbocycles. The second-order valence-corrected chi connectivity index (χ2v) is 15.1. The van der Waals surface area contributed by atoms with Crippen LogP contribution in [-0.2, 0) is 44.7 Å². The van der Waals surface area contributed by atoms with Crippen molar-refractivity contribution in [1.82, 2.24) is 30.7 Å². The molecule has 1 aromatic rings. The second kappa shape index (κ2) is 18.1. The zero-order valence-corrected chi connectivity index (χ0v) is 31.2. The van der Waals surface area contributed by atoms with Crippen LogP contribution in [0.4, 0.5) is 8.78 Å². The van der Waals surface area contributed by atoms with Gasteiger partial charge < -0.3 is 35.4 Å². The molecule has 3 heterocycles. The number of amides is 6. The summed E-state index contributed by atoms with van der Waals surface area (Å²) >= 11 is 0. The van der Waals surface area contributed by atoms with E-state index in [0.717, 1.165) is 44.2 Å². The van der Waals surface area contributed by atoms with Crippen LogP contribution >= 0.6 is 0 Å². The van der Waals surface area contributed by atoms with Gasteiger partial charge in [0.1, 0.15) is 54.5 Å². The van der Waals surface area contributed by atoms with Gasteiger partial charge in [0.15, 0.2) is 0 Å². The number of carbonyl (C=O) groups excluding carboxylic acids is 7. The zero-order valence-electron chi connectivity index (χ0n) is 31.2. The van der Waals surface area contributed by atoms with E-state index in [1.165, 1.54) is 35.6 Å². The van der Waals surface area contributed by atoms with Crippen molar-refractivity contribution in [2.24, 2.45) is 5.92 Å². The maximum atomic E-state index is 14.3. The Bertz CT molecular complexity index is 1580. The Morgan fingerprint density at radius 1 is 0.852 bits per heavy atom. The monoisotopic (exact) mass is 758 g/mol. The van der Waals surface area contributed by atoms with Gasteiger partial charge in [-0.2, -0.15) is 0 Å². The summed E-state index contributed by atoms with van der Waals surface area (Å²) in [5, 5.41) is 7.93. The van der Waals surface area contributed by atoms with Crippen LogP contribution < -0.4 is 16.0 Å². The zero-order chi connectivity index (χ0) is 39.1. The molecule has 6 atom stereocenters. The molecule has 1 aliphatic carbocycles. The van der Waals surface area contributed by atoms with Crippen LogP contribution in [0.3, 0.4) is 0 Å². The van der Waals surface area contributed by atoms with Gasteiger partial charge in [-0.25, -0.2) is 13.6 Å². The largest absolute Gasteiger partial charge is 0.461 e. The number of likely N-dealkylation sites (N-methyl/N-ethyl adjacent to an activating group) is 1. The van der Waals surface area contributed by atoms with Crippen LogP contribution in [0, 0.1) is 17.6 Å². The number of benzene rings is 1. The van der Waals surface area contributed by atoms with Crippen LogP contribution in [0.2, 0.25) is 0 Å². The Hall–Kier alpha value is -4.63. The van der Waals surface area contributed by atoms with Crippen LogP contribution in [0.25, 0.3) is 0 Å². The predicted octanol–water partition coefficient (Wildman–Crippen LogP) is 1.73. The molecule has 14 nitrogen and oxygen atoms in total.